The smallest absolute Gasteiger partial charge is 0.325 e. The Bertz CT molecular complexity index is 1110. The number of ether oxygens (including phenoxy) is 2. The molecule has 1 fully saturated rings. The van der Waals surface area contributed by atoms with Gasteiger partial charge in [0.05, 0.1) is 22.8 Å². The molecule has 2 aliphatic heterocycles. The second-order valence-electron chi connectivity index (χ2n) is 7.86. The number of piperidine rings is 1. The van der Waals surface area contributed by atoms with Gasteiger partial charge < -0.3 is 14.8 Å². The zero-order valence-corrected chi connectivity index (χ0v) is 18.3. The van der Waals surface area contributed by atoms with Crippen LogP contribution in [0, 0.1) is 0 Å². The number of hydrogen-bond donors (Lipinski definition) is 2. The molecule has 3 heterocycles. The number of anilines is 1. The molecule has 1 atom stereocenters. The fourth-order valence-electron chi connectivity index (χ4n) is 4.13. The monoisotopic (exact) mass is 452 g/mol. The predicted octanol–water partition coefficient (Wildman–Crippen LogP) is 3.94. The number of nitrogens with one attached hydrogen (secondary N) is 2. The van der Waals surface area contributed by atoms with Gasteiger partial charge in [0.25, 0.3) is 0 Å². The van der Waals surface area contributed by atoms with Gasteiger partial charge in [-0.25, -0.2) is 9.78 Å². The van der Waals surface area contributed by atoms with Crippen LogP contribution in [-0.4, -0.2) is 48.1 Å². The Labute approximate surface area is 189 Å². The fraction of sp³-hybridized carbons (Fsp3) is 0.348. The number of rotatable bonds is 4. The van der Waals surface area contributed by atoms with Crippen molar-refractivity contribution in [2.24, 2.45) is 0 Å². The largest absolute Gasteiger partial charge is 0.486 e. The van der Waals surface area contributed by atoms with Gasteiger partial charge in [0, 0.05) is 11.8 Å². The summed E-state index contributed by atoms with van der Waals surface area (Å²) in [7, 11) is 0. The van der Waals surface area contributed by atoms with Crippen LogP contribution >= 0.6 is 11.3 Å². The first-order chi connectivity index (χ1) is 15.7. The Morgan fingerprint density at radius 2 is 1.94 bits per heavy atom. The summed E-state index contributed by atoms with van der Waals surface area (Å²) in [6, 6.07) is 12.7. The minimum atomic E-state index is -0.569. The lowest BCUT2D eigenvalue weighted by atomic mass is 10.0. The number of thiazole rings is 1. The maximum Gasteiger partial charge on any atom is 0.325 e. The van der Waals surface area contributed by atoms with Crippen LogP contribution in [0.4, 0.5) is 10.5 Å². The van der Waals surface area contributed by atoms with Gasteiger partial charge in [0.1, 0.15) is 18.2 Å². The van der Waals surface area contributed by atoms with E-state index in [9.17, 15) is 9.59 Å². The number of urea groups is 1. The Balaban J connectivity index is 1.21. The van der Waals surface area contributed by atoms with Crippen LogP contribution in [0.15, 0.2) is 42.5 Å². The number of fused-ring (bicyclic) bond motifs is 2. The number of carbonyl (C=O) groups is 2. The summed E-state index contributed by atoms with van der Waals surface area (Å²) >= 11 is 1.68. The average Bonchev–Trinajstić information content (AvgIpc) is 3.23. The van der Waals surface area contributed by atoms with Crippen LogP contribution < -0.4 is 20.1 Å². The molecule has 0 radical (unpaired) electrons. The number of carbonyl (C=O) groups excluding carboxylic acids is 2. The fourth-order valence-corrected chi connectivity index (χ4v) is 5.26. The topological polar surface area (TPSA) is 92.8 Å². The van der Waals surface area contributed by atoms with E-state index in [1.54, 1.807) is 29.5 Å². The Morgan fingerprint density at radius 3 is 2.81 bits per heavy atom. The molecule has 2 aliphatic rings. The molecule has 0 saturated carbocycles. The highest BCUT2D eigenvalue weighted by Crippen LogP contribution is 2.35. The lowest BCUT2D eigenvalue weighted by molar-refractivity contribution is -0.122. The summed E-state index contributed by atoms with van der Waals surface area (Å²) < 4.78 is 12.2. The molecule has 1 unspecified atom stereocenters. The van der Waals surface area contributed by atoms with Crippen LogP contribution in [0.2, 0.25) is 0 Å². The van der Waals surface area contributed by atoms with Crippen molar-refractivity contribution in [2.45, 2.75) is 25.3 Å². The minimum Gasteiger partial charge on any atom is -0.486 e. The number of hydrogen-bond acceptors (Lipinski definition) is 7. The molecule has 0 aliphatic carbocycles. The third-order valence-corrected chi connectivity index (χ3v) is 6.75. The summed E-state index contributed by atoms with van der Waals surface area (Å²) in [5, 5.41) is 6.15. The Hall–Kier alpha value is -3.17. The zero-order valence-electron chi connectivity index (χ0n) is 17.5. The maximum absolute atomic E-state index is 12.6. The molecule has 2 aromatic carbocycles. The first-order valence-corrected chi connectivity index (χ1v) is 11.6. The maximum atomic E-state index is 12.6. The van der Waals surface area contributed by atoms with Gasteiger partial charge in [0.2, 0.25) is 5.91 Å². The highest BCUT2D eigenvalue weighted by molar-refractivity contribution is 7.18. The average molecular weight is 453 g/mol. The number of aromatic nitrogens is 1. The number of para-hydroxylation sites is 1. The molecule has 3 aromatic rings. The molecule has 1 saturated heterocycles. The van der Waals surface area contributed by atoms with Crippen LogP contribution in [0.3, 0.4) is 0 Å². The first-order valence-electron chi connectivity index (χ1n) is 10.8. The van der Waals surface area contributed by atoms with E-state index in [1.165, 1.54) is 0 Å². The normalized spacial score (nSPS) is 18.3. The van der Waals surface area contributed by atoms with Crippen LogP contribution in [0.1, 0.15) is 30.3 Å². The van der Waals surface area contributed by atoms with Gasteiger partial charge in [-0.3, -0.25) is 15.0 Å². The lowest BCUT2D eigenvalue weighted by Crippen LogP contribution is -2.44. The SMILES string of the molecule is O=C(CN1CCCCC1c1nc2ccccc2s1)NC(=O)Nc1ccc2c(c1)OCCO2. The van der Waals surface area contributed by atoms with Crippen molar-refractivity contribution < 1.29 is 19.1 Å². The number of likely N-dealkylation sites (tertiary alicyclic amines) is 1. The molecule has 5 rings (SSSR count). The first kappa shape index (κ1) is 20.7. The molecule has 3 amide bonds. The number of nitrogens with zero attached hydrogens (tertiary/aromatic N) is 2. The standard InChI is InChI=1S/C23H24N4O4S/c28-21(26-23(29)24-15-8-9-18-19(13-15)31-12-11-30-18)14-27-10-4-3-6-17(27)22-25-16-5-1-2-7-20(16)32-22/h1-2,5,7-9,13,17H,3-4,6,10-12,14H2,(H2,24,26,28,29). The molecule has 8 nitrogen and oxygen atoms in total. The van der Waals surface area contributed by atoms with E-state index >= 15 is 0 Å². The van der Waals surface area contributed by atoms with E-state index in [0.717, 1.165) is 41.0 Å². The Morgan fingerprint density at radius 1 is 1.09 bits per heavy atom. The number of amides is 3. The third-order valence-electron chi connectivity index (χ3n) is 5.61. The van der Waals surface area contributed by atoms with Crippen molar-refractivity contribution in [3.63, 3.8) is 0 Å². The summed E-state index contributed by atoms with van der Waals surface area (Å²) in [6.45, 7) is 1.92. The molecule has 9 heteroatoms. The molecule has 1 aromatic heterocycles. The van der Waals surface area contributed by atoms with Gasteiger partial charge >= 0.3 is 6.03 Å². The van der Waals surface area contributed by atoms with Crippen molar-refractivity contribution in [3.05, 3.63) is 47.5 Å². The van der Waals surface area contributed by atoms with Gasteiger partial charge in [-0.05, 0) is 43.7 Å². The summed E-state index contributed by atoms with van der Waals surface area (Å²) in [4.78, 5) is 31.9. The van der Waals surface area contributed by atoms with E-state index in [4.69, 9.17) is 14.5 Å². The van der Waals surface area contributed by atoms with E-state index in [0.29, 0.717) is 30.4 Å². The highest BCUT2D eigenvalue weighted by atomic mass is 32.1. The van der Waals surface area contributed by atoms with E-state index in [1.807, 2.05) is 18.2 Å². The van der Waals surface area contributed by atoms with Gasteiger partial charge in [-0.1, -0.05) is 18.6 Å². The quantitative estimate of drug-likeness (QED) is 0.623. The lowest BCUT2D eigenvalue weighted by Gasteiger charge is -2.33. The molecular formula is C23H24N4O4S. The second-order valence-corrected chi connectivity index (χ2v) is 8.92. The van der Waals surface area contributed by atoms with Crippen molar-refractivity contribution in [3.8, 4) is 11.5 Å². The molecule has 2 N–H and O–H groups in total. The van der Waals surface area contributed by atoms with Gasteiger partial charge in [-0.15, -0.1) is 11.3 Å². The zero-order chi connectivity index (χ0) is 21.9. The van der Waals surface area contributed by atoms with Crippen molar-refractivity contribution in [1.29, 1.82) is 0 Å². The van der Waals surface area contributed by atoms with Crippen LogP contribution in [-0.2, 0) is 4.79 Å². The number of imide groups is 1. The summed E-state index contributed by atoms with van der Waals surface area (Å²) in [5.41, 5.74) is 1.52. The molecule has 0 bridgehead atoms. The van der Waals surface area contributed by atoms with Crippen LogP contribution in [0.25, 0.3) is 10.2 Å². The predicted molar refractivity (Wildman–Crippen MR) is 122 cm³/mol. The summed E-state index contributed by atoms with van der Waals surface area (Å²) in [6.07, 6.45) is 3.08. The third kappa shape index (κ3) is 4.53. The van der Waals surface area contributed by atoms with Gasteiger partial charge in [0.15, 0.2) is 11.5 Å². The van der Waals surface area contributed by atoms with E-state index in [2.05, 4.69) is 21.6 Å². The van der Waals surface area contributed by atoms with Gasteiger partial charge in [-0.2, -0.15) is 0 Å². The Kier molecular flexibility index (Phi) is 5.91. The van der Waals surface area contributed by atoms with Crippen molar-refractivity contribution in [1.82, 2.24) is 15.2 Å². The molecule has 0 spiro atoms. The number of benzene rings is 2. The van der Waals surface area contributed by atoms with E-state index in [-0.39, 0.29) is 18.5 Å². The van der Waals surface area contributed by atoms with E-state index < -0.39 is 6.03 Å². The highest BCUT2D eigenvalue weighted by Gasteiger charge is 2.28. The minimum absolute atomic E-state index is 0.0905. The van der Waals surface area contributed by atoms with Crippen molar-refractivity contribution >= 4 is 39.2 Å². The second kappa shape index (κ2) is 9.13. The van der Waals surface area contributed by atoms with Crippen molar-refractivity contribution in [2.75, 3.05) is 31.6 Å². The molecule has 32 heavy (non-hydrogen) atoms. The molecule has 166 valence electrons. The van der Waals surface area contributed by atoms with Crippen LogP contribution in [0.5, 0.6) is 11.5 Å². The molecular weight excluding hydrogens is 428 g/mol. The summed E-state index contributed by atoms with van der Waals surface area (Å²) in [5.74, 6) is 0.879.